The van der Waals surface area contributed by atoms with Gasteiger partial charge in [0.15, 0.2) is 9.84 Å². The first-order chi connectivity index (χ1) is 8.96. The summed E-state index contributed by atoms with van der Waals surface area (Å²) < 4.78 is 25.1. The van der Waals surface area contributed by atoms with Gasteiger partial charge in [-0.25, -0.2) is 13.4 Å². The lowest BCUT2D eigenvalue weighted by molar-refractivity contribution is -0.142. The van der Waals surface area contributed by atoms with Gasteiger partial charge < -0.3 is 9.67 Å². The normalized spacial score (nSPS) is 27.6. The van der Waals surface area contributed by atoms with Gasteiger partial charge in [-0.1, -0.05) is 0 Å². The number of fused-ring (bicyclic) bond motifs is 1. The van der Waals surface area contributed by atoms with Crippen LogP contribution in [0.15, 0.2) is 6.20 Å². The number of carbonyl (C=O) groups is 1. The van der Waals surface area contributed by atoms with Crippen LogP contribution in [-0.2, 0) is 27.6 Å². The van der Waals surface area contributed by atoms with Gasteiger partial charge >= 0.3 is 5.97 Å². The molecule has 2 aliphatic rings. The number of rotatable bonds is 2. The minimum absolute atomic E-state index is 0. The molecule has 2 aliphatic heterocycles. The molecule has 1 fully saturated rings. The van der Waals surface area contributed by atoms with Crippen molar-refractivity contribution >= 4 is 28.2 Å². The first kappa shape index (κ1) is 15.3. The predicted molar refractivity (Wildman–Crippen MR) is 74.9 cm³/mol. The van der Waals surface area contributed by atoms with E-state index in [2.05, 4.69) is 4.98 Å². The first-order valence-corrected chi connectivity index (χ1v) is 8.26. The lowest BCUT2D eigenvalue weighted by Crippen LogP contribution is -2.26. The summed E-state index contributed by atoms with van der Waals surface area (Å²) in [7, 11) is -2.92. The third-order valence-electron chi connectivity index (χ3n) is 4.07. The van der Waals surface area contributed by atoms with Crippen molar-refractivity contribution in [3.8, 4) is 0 Å². The van der Waals surface area contributed by atoms with E-state index in [0.29, 0.717) is 25.8 Å². The van der Waals surface area contributed by atoms with Crippen molar-refractivity contribution in [3.05, 3.63) is 17.7 Å². The molecule has 3 rings (SSSR count). The Hall–Kier alpha value is -1.08. The molecule has 0 aliphatic carbocycles. The third-order valence-corrected chi connectivity index (χ3v) is 5.84. The van der Waals surface area contributed by atoms with Gasteiger partial charge in [-0.2, -0.15) is 0 Å². The van der Waals surface area contributed by atoms with E-state index in [1.165, 1.54) is 0 Å². The molecule has 1 N–H and O–H groups in total. The second kappa shape index (κ2) is 5.37. The standard InChI is InChI=1S/C12H16N2O4S.ClH/c15-12(16)8-1-3-14-10(5-8)6-13-11(14)9-2-4-19(17,18)7-9;/h6,8-9H,1-5,7H2,(H,15,16);1H. The SMILES string of the molecule is Cl.O=C(O)C1CCn2c(cnc2C2CCS(=O)(=O)C2)C1. The van der Waals surface area contributed by atoms with E-state index < -0.39 is 15.8 Å². The summed E-state index contributed by atoms with van der Waals surface area (Å²) in [6.07, 6.45) is 3.41. The lowest BCUT2D eigenvalue weighted by Gasteiger charge is -2.23. The fourth-order valence-corrected chi connectivity index (χ4v) is 4.76. The molecule has 6 nitrogen and oxygen atoms in total. The maximum Gasteiger partial charge on any atom is 0.306 e. The highest BCUT2D eigenvalue weighted by molar-refractivity contribution is 7.91. The van der Waals surface area contributed by atoms with Gasteiger partial charge in [0.1, 0.15) is 5.82 Å². The second-order valence-corrected chi connectivity index (χ2v) is 7.62. The Morgan fingerprint density at radius 1 is 1.40 bits per heavy atom. The molecule has 112 valence electrons. The van der Waals surface area contributed by atoms with Crippen LogP contribution in [0.1, 0.15) is 30.3 Å². The summed E-state index contributed by atoms with van der Waals surface area (Å²) in [5.41, 5.74) is 0.915. The number of imidazole rings is 1. The highest BCUT2D eigenvalue weighted by Crippen LogP contribution is 2.31. The molecule has 0 amide bonds. The molecule has 8 heteroatoms. The lowest BCUT2D eigenvalue weighted by atomic mass is 9.96. The second-order valence-electron chi connectivity index (χ2n) is 5.39. The Morgan fingerprint density at radius 2 is 2.15 bits per heavy atom. The van der Waals surface area contributed by atoms with Gasteiger partial charge in [0.25, 0.3) is 0 Å². The van der Waals surface area contributed by atoms with Crippen molar-refractivity contribution < 1.29 is 18.3 Å². The number of carboxylic acids is 1. The smallest absolute Gasteiger partial charge is 0.306 e. The molecule has 2 unspecified atom stereocenters. The van der Waals surface area contributed by atoms with Crippen molar-refractivity contribution in [1.29, 1.82) is 0 Å². The number of sulfone groups is 1. The molecular formula is C12H17ClN2O4S. The number of aliphatic carboxylic acids is 1. The van der Waals surface area contributed by atoms with Crippen LogP contribution in [-0.4, -0.2) is 40.6 Å². The summed E-state index contributed by atoms with van der Waals surface area (Å²) in [5.74, 6) is 0.0884. The van der Waals surface area contributed by atoms with Crippen molar-refractivity contribution in [1.82, 2.24) is 9.55 Å². The average molecular weight is 321 g/mol. The summed E-state index contributed by atoms with van der Waals surface area (Å²) in [5, 5.41) is 9.04. The van der Waals surface area contributed by atoms with Crippen LogP contribution < -0.4 is 0 Å². The van der Waals surface area contributed by atoms with Gasteiger partial charge in [0, 0.05) is 30.8 Å². The summed E-state index contributed by atoms with van der Waals surface area (Å²) in [6, 6.07) is 0. The number of nitrogens with zero attached hydrogens (tertiary/aromatic N) is 2. The maximum atomic E-state index is 11.5. The van der Waals surface area contributed by atoms with Crippen LogP contribution in [0.4, 0.5) is 0 Å². The maximum absolute atomic E-state index is 11.5. The molecule has 3 heterocycles. The fraction of sp³-hybridized carbons (Fsp3) is 0.667. The van der Waals surface area contributed by atoms with E-state index in [1.807, 2.05) is 4.57 Å². The van der Waals surface area contributed by atoms with Crippen LogP contribution in [0.2, 0.25) is 0 Å². The number of hydrogen-bond acceptors (Lipinski definition) is 4. The van der Waals surface area contributed by atoms with Crippen molar-refractivity contribution in [3.63, 3.8) is 0 Å². The molecule has 2 atom stereocenters. The van der Waals surface area contributed by atoms with Crippen molar-refractivity contribution in [2.45, 2.75) is 31.7 Å². The Kier molecular flexibility index (Phi) is 4.11. The van der Waals surface area contributed by atoms with E-state index in [4.69, 9.17) is 5.11 Å². The van der Waals surface area contributed by atoms with Crippen molar-refractivity contribution in [2.24, 2.45) is 5.92 Å². The zero-order valence-corrected chi connectivity index (χ0v) is 12.5. The number of hydrogen-bond donors (Lipinski definition) is 1. The van der Waals surface area contributed by atoms with E-state index >= 15 is 0 Å². The topological polar surface area (TPSA) is 89.3 Å². The van der Waals surface area contributed by atoms with E-state index in [1.54, 1.807) is 6.20 Å². The minimum atomic E-state index is -2.92. The fourth-order valence-electron chi connectivity index (χ4n) is 3.02. The Labute approximate surface area is 123 Å². The quantitative estimate of drug-likeness (QED) is 0.872. The van der Waals surface area contributed by atoms with E-state index in [-0.39, 0.29) is 35.7 Å². The van der Waals surface area contributed by atoms with Gasteiger partial charge in [0.05, 0.1) is 17.4 Å². The first-order valence-electron chi connectivity index (χ1n) is 6.44. The van der Waals surface area contributed by atoms with Crippen LogP contribution in [0, 0.1) is 5.92 Å². The van der Waals surface area contributed by atoms with E-state index in [0.717, 1.165) is 11.5 Å². The molecule has 1 aromatic rings. The average Bonchev–Trinajstić information content (AvgIpc) is 2.91. The van der Waals surface area contributed by atoms with Crippen molar-refractivity contribution in [2.75, 3.05) is 11.5 Å². The van der Waals surface area contributed by atoms with Crippen LogP contribution in [0.5, 0.6) is 0 Å². The third kappa shape index (κ3) is 2.69. The number of halogens is 1. The van der Waals surface area contributed by atoms with Gasteiger partial charge in [-0.15, -0.1) is 12.4 Å². The molecule has 0 aromatic carbocycles. The summed E-state index contributed by atoms with van der Waals surface area (Å²) in [4.78, 5) is 15.3. The predicted octanol–water partition coefficient (Wildman–Crippen LogP) is 0.854. The molecule has 1 saturated heterocycles. The van der Waals surface area contributed by atoms with Crippen LogP contribution in [0.3, 0.4) is 0 Å². The number of aromatic nitrogens is 2. The van der Waals surface area contributed by atoms with Gasteiger partial charge in [-0.3, -0.25) is 4.79 Å². The van der Waals surface area contributed by atoms with E-state index in [9.17, 15) is 13.2 Å². The zero-order chi connectivity index (χ0) is 13.6. The Morgan fingerprint density at radius 3 is 2.75 bits per heavy atom. The Balaban J connectivity index is 0.00000147. The molecule has 0 bridgehead atoms. The van der Waals surface area contributed by atoms with Crippen LogP contribution in [0.25, 0.3) is 0 Å². The highest BCUT2D eigenvalue weighted by Gasteiger charge is 2.34. The minimum Gasteiger partial charge on any atom is -0.481 e. The molecular weight excluding hydrogens is 304 g/mol. The summed E-state index contributed by atoms with van der Waals surface area (Å²) >= 11 is 0. The number of carboxylic acid groups (broad SMARTS) is 1. The van der Waals surface area contributed by atoms with Gasteiger partial charge in [0.2, 0.25) is 0 Å². The van der Waals surface area contributed by atoms with Crippen LogP contribution >= 0.6 is 12.4 Å². The zero-order valence-electron chi connectivity index (χ0n) is 10.9. The molecule has 0 spiro atoms. The molecule has 0 saturated carbocycles. The molecule has 20 heavy (non-hydrogen) atoms. The summed E-state index contributed by atoms with van der Waals surface area (Å²) in [6.45, 7) is 0.623. The highest BCUT2D eigenvalue weighted by atomic mass is 35.5. The monoisotopic (exact) mass is 320 g/mol. The largest absolute Gasteiger partial charge is 0.481 e. The van der Waals surface area contributed by atoms with Gasteiger partial charge in [-0.05, 0) is 12.8 Å². The molecule has 0 radical (unpaired) electrons. The Bertz CT molecular complexity index is 625. The molecule has 1 aromatic heterocycles.